The van der Waals surface area contributed by atoms with Crippen molar-refractivity contribution in [2.45, 2.75) is 82.4 Å². The van der Waals surface area contributed by atoms with Crippen molar-refractivity contribution < 1.29 is 71.7 Å². The predicted octanol–water partition coefficient (Wildman–Crippen LogP) is 4.74. The maximum absolute atomic E-state index is 12.9. The van der Waals surface area contributed by atoms with Crippen molar-refractivity contribution in [3.8, 4) is 17.2 Å². The maximum atomic E-state index is 12.9. The summed E-state index contributed by atoms with van der Waals surface area (Å²) in [4.78, 5) is 51.9. The van der Waals surface area contributed by atoms with E-state index in [1.807, 2.05) is 12.2 Å². The van der Waals surface area contributed by atoms with Gasteiger partial charge in [0.05, 0.1) is 43.7 Å². The Kier molecular flexibility index (Phi) is 18.1. The van der Waals surface area contributed by atoms with Crippen molar-refractivity contribution >= 4 is 17.8 Å². The van der Waals surface area contributed by atoms with Crippen LogP contribution in [0.1, 0.15) is 67.8 Å². The molecule has 2 aromatic rings. The first-order valence-corrected chi connectivity index (χ1v) is 17.9. The molecule has 1 fully saturated rings. The van der Waals surface area contributed by atoms with E-state index in [-0.39, 0.29) is 61.4 Å². The van der Waals surface area contributed by atoms with Gasteiger partial charge in [-0.15, -0.1) is 10.1 Å². The van der Waals surface area contributed by atoms with Crippen molar-refractivity contribution in [1.82, 2.24) is 5.32 Å². The van der Waals surface area contributed by atoms with Gasteiger partial charge in [0.25, 0.3) is 5.09 Å². The van der Waals surface area contributed by atoms with Gasteiger partial charge in [-0.05, 0) is 81.3 Å². The van der Waals surface area contributed by atoms with Gasteiger partial charge in [-0.25, -0.2) is 9.59 Å². The van der Waals surface area contributed by atoms with Gasteiger partial charge in [-0.2, -0.15) is 13.2 Å². The summed E-state index contributed by atoms with van der Waals surface area (Å²) >= 11 is 0. The summed E-state index contributed by atoms with van der Waals surface area (Å²) in [6.45, 7) is 1.02. The summed E-state index contributed by atoms with van der Waals surface area (Å²) < 4.78 is 59.9. The standard InChI is InChI=1S/C38H47F3N2O13/c1-24(36(48)56-33-17-14-25(20-34(33)52-2)37(49)53-18-7-8-19-55-43(50)51)42-35(47)13-6-4-3-5-12-29-30(32(46)22-31(29)45)16-15-27(44)23-54-28-11-9-10-26(21-28)38(39,40)41/h3,5,9-11,14-17,20-21,24,27,29-32,44-46H,4,6-8,12-13,18-19,22-23H2,1-2H3,(H,42,47)/b5-3-,16-15+/t24?,27-,29-,30-,31+,32-/m1/s1. The number of hydrogen-bond donors (Lipinski definition) is 4. The molecule has 0 radical (unpaired) electrons. The van der Waals surface area contributed by atoms with Crippen LogP contribution in [0.15, 0.2) is 66.8 Å². The highest BCUT2D eigenvalue weighted by molar-refractivity contribution is 5.90. The lowest BCUT2D eigenvalue weighted by molar-refractivity contribution is -0.757. The van der Waals surface area contributed by atoms with Crippen molar-refractivity contribution in [2.75, 3.05) is 26.9 Å². The van der Waals surface area contributed by atoms with Crippen molar-refractivity contribution in [3.05, 3.63) is 88.0 Å². The number of rotatable bonds is 22. The monoisotopic (exact) mass is 796 g/mol. The molecule has 0 heterocycles. The number of esters is 2. The van der Waals surface area contributed by atoms with E-state index in [4.69, 9.17) is 18.9 Å². The van der Waals surface area contributed by atoms with E-state index in [1.165, 1.54) is 50.4 Å². The van der Waals surface area contributed by atoms with Gasteiger partial charge in [0.2, 0.25) is 5.91 Å². The minimum absolute atomic E-state index is 0.00684. The number of aliphatic hydroxyl groups is 3. The lowest BCUT2D eigenvalue weighted by Crippen LogP contribution is -2.40. The van der Waals surface area contributed by atoms with Gasteiger partial charge < -0.3 is 44.4 Å². The molecular formula is C38H47F3N2O13. The van der Waals surface area contributed by atoms with Crippen molar-refractivity contribution in [2.24, 2.45) is 11.8 Å². The number of ether oxygens (including phenoxy) is 4. The molecule has 1 aliphatic carbocycles. The number of methoxy groups -OCH3 is 1. The first-order chi connectivity index (χ1) is 26.6. The van der Waals surface area contributed by atoms with Crippen LogP contribution >= 0.6 is 0 Å². The first kappa shape index (κ1) is 45.2. The number of carbonyl (C=O) groups excluding carboxylic acids is 3. The third-order valence-electron chi connectivity index (χ3n) is 8.71. The molecule has 0 bridgehead atoms. The number of unbranched alkanes of at least 4 members (excludes halogenated alkanes) is 2. The Bertz CT molecular complexity index is 1670. The molecule has 2 aromatic carbocycles. The number of amides is 1. The highest BCUT2D eigenvalue weighted by atomic mass is 19.4. The Morgan fingerprint density at radius 3 is 2.50 bits per heavy atom. The van der Waals surface area contributed by atoms with Crippen molar-refractivity contribution in [3.63, 3.8) is 0 Å². The van der Waals surface area contributed by atoms with Gasteiger partial charge in [0.15, 0.2) is 11.5 Å². The summed E-state index contributed by atoms with van der Waals surface area (Å²) in [5.74, 6) is -2.69. The fourth-order valence-corrected chi connectivity index (χ4v) is 5.75. The zero-order valence-corrected chi connectivity index (χ0v) is 30.9. The number of allylic oxidation sites excluding steroid dienone is 2. The van der Waals surface area contributed by atoms with Crippen LogP contribution in [-0.4, -0.2) is 89.5 Å². The highest BCUT2D eigenvalue weighted by Gasteiger charge is 2.39. The summed E-state index contributed by atoms with van der Waals surface area (Å²) in [6.07, 6.45) is 1.47. The minimum Gasteiger partial charge on any atom is -0.493 e. The molecule has 1 amide bonds. The minimum atomic E-state index is -4.53. The number of alkyl halides is 3. The van der Waals surface area contributed by atoms with Crippen LogP contribution in [0.5, 0.6) is 17.2 Å². The van der Waals surface area contributed by atoms with Crippen LogP contribution in [0.25, 0.3) is 0 Å². The van der Waals surface area contributed by atoms with Crippen LogP contribution in [-0.2, 0) is 25.3 Å². The zero-order chi connectivity index (χ0) is 41.3. The molecule has 0 saturated heterocycles. The predicted molar refractivity (Wildman–Crippen MR) is 192 cm³/mol. The van der Waals surface area contributed by atoms with Crippen LogP contribution in [0.4, 0.5) is 13.2 Å². The van der Waals surface area contributed by atoms with Gasteiger partial charge in [0, 0.05) is 18.8 Å². The van der Waals surface area contributed by atoms with Crippen molar-refractivity contribution in [1.29, 1.82) is 0 Å². The lowest BCUT2D eigenvalue weighted by atomic mass is 9.89. The number of halogens is 3. The second kappa shape index (κ2) is 22.4. The Hall–Kier alpha value is -5.20. The molecule has 1 unspecified atom stereocenters. The fraction of sp³-hybridized carbons (Fsp3) is 0.500. The number of nitrogens with one attached hydrogen (secondary N) is 1. The molecule has 0 aliphatic heterocycles. The molecule has 3 rings (SSSR count). The molecule has 1 aliphatic rings. The Balaban J connectivity index is 1.38. The van der Waals surface area contributed by atoms with Gasteiger partial charge in [0.1, 0.15) is 24.5 Å². The Labute approximate surface area is 321 Å². The lowest BCUT2D eigenvalue weighted by Gasteiger charge is -2.19. The first-order valence-electron chi connectivity index (χ1n) is 17.9. The normalized spacial score (nSPS) is 19.4. The number of carbonyl (C=O) groups is 3. The smallest absolute Gasteiger partial charge is 0.416 e. The van der Waals surface area contributed by atoms with E-state index in [0.717, 1.165) is 12.1 Å². The van der Waals surface area contributed by atoms with Crippen LogP contribution in [0, 0.1) is 22.0 Å². The molecule has 4 N–H and O–H groups in total. The average molecular weight is 797 g/mol. The second-order valence-corrected chi connectivity index (χ2v) is 13.0. The Morgan fingerprint density at radius 2 is 1.79 bits per heavy atom. The number of nitrogens with zero attached hydrogens (tertiary/aromatic N) is 1. The molecule has 0 spiro atoms. The molecule has 56 heavy (non-hydrogen) atoms. The number of hydrogen-bond acceptors (Lipinski definition) is 13. The average Bonchev–Trinajstić information content (AvgIpc) is 3.42. The second-order valence-electron chi connectivity index (χ2n) is 13.0. The molecular weight excluding hydrogens is 749 g/mol. The maximum Gasteiger partial charge on any atom is 0.416 e. The van der Waals surface area contributed by atoms with Crippen LogP contribution in [0.3, 0.4) is 0 Å². The van der Waals surface area contributed by atoms with Gasteiger partial charge >= 0.3 is 18.1 Å². The number of benzene rings is 2. The van der Waals surface area contributed by atoms with E-state index >= 15 is 0 Å². The van der Waals surface area contributed by atoms with E-state index in [2.05, 4.69) is 10.2 Å². The fourth-order valence-electron chi connectivity index (χ4n) is 5.75. The molecule has 1 saturated carbocycles. The van der Waals surface area contributed by atoms with E-state index in [9.17, 15) is 53.0 Å². The molecule has 6 atom stereocenters. The molecule has 18 heteroatoms. The van der Waals surface area contributed by atoms with E-state index in [0.29, 0.717) is 32.1 Å². The van der Waals surface area contributed by atoms with E-state index in [1.54, 1.807) is 6.08 Å². The molecule has 0 aromatic heterocycles. The SMILES string of the molecule is COc1cc(C(=O)OCCCCO[N+](=O)[O-])ccc1OC(=O)C(C)NC(=O)CCC/C=C\C[C@@H]1[C@@H](/C=C/[C@@H](O)COc2cccc(C(F)(F)F)c2)[C@H](O)C[C@@H]1O. The molecule has 15 nitrogen and oxygen atoms in total. The summed E-state index contributed by atoms with van der Waals surface area (Å²) in [7, 11) is 1.31. The third kappa shape index (κ3) is 15.1. The Morgan fingerprint density at radius 1 is 1.04 bits per heavy atom. The largest absolute Gasteiger partial charge is 0.493 e. The van der Waals surface area contributed by atoms with Crippen LogP contribution < -0.4 is 19.5 Å². The highest BCUT2D eigenvalue weighted by Crippen LogP contribution is 2.36. The zero-order valence-electron chi connectivity index (χ0n) is 30.9. The molecule has 308 valence electrons. The topological polar surface area (TPSA) is 213 Å². The summed E-state index contributed by atoms with van der Waals surface area (Å²) in [6, 6.07) is 7.30. The number of aliphatic hydroxyl groups excluding tert-OH is 3. The van der Waals surface area contributed by atoms with Gasteiger partial charge in [-0.1, -0.05) is 30.4 Å². The van der Waals surface area contributed by atoms with Crippen LogP contribution in [0.2, 0.25) is 0 Å². The summed E-state index contributed by atoms with van der Waals surface area (Å²) in [5, 5.41) is 43.2. The van der Waals surface area contributed by atoms with Gasteiger partial charge in [-0.3, -0.25) is 4.79 Å². The quantitative estimate of drug-likeness (QED) is 0.0317. The van der Waals surface area contributed by atoms with E-state index < -0.39 is 64.9 Å². The third-order valence-corrected chi connectivity index (χ3v) is 8.71. The summed E-state index contributed by atoms with van der Waals surface area (Å²) in [5.41, 5.74) is -0.760.